The minimum atomic E-state index is -1.05. The molecule has 3 N–H and O–H groups in total. The minimum Gasteiger partial charge on any atom is -0.480 e. The monoisotopic (exact) mass is 372 g/mol. The number of carboxylic acid groups (broad SMARTS) is 1. The summed E-state index contributed by atoms with van der Waals surface area (Å²) in [6.45, 7) is -0.344. The quantitative estimate of drug-likeness (QED) is 0.601. The van der Waals surface area contributed by atoms with Gasteiger partial charge in [0.15, 0.2) is 0 Å². The maximum absolute atomic E-state index is 14.0. The average molecular weight is 373 g/mol. The topological polar surface area (TPSA) is 87.1 Å². The molecule has 0 aliphatic heterocycles. The minimum absolute atomic E-state index is 0.110. The molecule has 1 aromatic heterocycles. The summed E-state index contributed by atoms with van der Waals surface area (Å²) in [6, 6.07) is 15.0. The van der Waals surface area contributed by atoms with Gasteiger partial charge < -0.3 is 15.7 Å². The highest BCUT2D eigenvalue weighted by Gasteiger charge is 2.10. The van der Waals surface area contributed by atoms with Crippen LogP contribution in [0.3, 0.4) is 0 Å². The van der Waals surface area contributed by atoms with Crippen molar-refractivity contribution in [1.82, 2.24) is 9.97 Å². The van der Waals surface area contributed by atoms with Crippen LogP contribution in [0.4, 0.5) is 21.8 Å². The number of hydrogen-bond acceptors (Lipinski definition) is 5. The van der Waals surface area contributed by atoms with Gasteiger partial charge in [-0.1, -0.05) is 41.9 Å². The molecule has 3 aromatic rings. The van der Waals surface area contributed by atoms with E-state index in [1.165, 1.54) is 18.2 Å². The van der Waals surface area contributed by atoms with Crippen molar-refractivity contribution in [2.24, 2.45) is 0 Å². The zero-order valence-electron chi connectivity index (χ0n) is 13.4. The number of hydrogen-bond donors (Lipinski definition) is 3. The van der Waals surface area contributed by atoms with Gasteiger partial charge in [0.2, 0.25) is 5.95 Å². The fraction of sp³-hybridized carbons (Fsp3) is 0.0556. The van der Waals surface area contributed by atoms with Gasteiger partial charge in [-0.25, -0.2) is 9.37 Å². The number of rotatable bonds is 6. The Bertz CT molecular complexity index is 938. The summed E-state index contributed by atoms with van der Waals surface area (Å²) in [5, 5.41) is 14.7. The van der Waals surface area contributed by atoms with E-state index in [4.69, 9.17) is 16.7 Å². The van der Waals surface area contributed by atoms with Gasteiger partial charge in [-0.05, 0) is 18.2 Å². The van der Waals surface area contributed by atoms with Crippen LogP contribution in [0.15, 0.2) is 54.6 Å². The molecular formula is C18H14ClFN4O2. The summed E-state index contributed by atoms with van der Waals surface area (Å²) in [5.41, 5.74) is 1.51. The van der Waals surface area contributed by atoms with Crippen molar-refractivity contribution < 1.29 is 14.3 Å². The van der Waals surface area contributed by atoms with Crippen molar-refractivity contribution in [2.75, 3.05) is 17.2 Å². The summed E-state index contributed by atoms with van der Waals surface area (Å²) in [7, 11) is 0. The third-order valence-corrected chi connectivity index (χ3v) is 3.62. The van der Waals surface area contributed by atoms with E-state index >= 15 is 0 Å². The highest BCUT2D eigenvalue weighted by molar-refractivity contribution is 6.30. The Kier molecular flexibility index (Phi) is 5.28. The Morgan fingerprint density at radius 2 is 1.88 bits per heavy atom. The van der Waals surface area contributed by atoms with Crippen LogP contribution in [-0.2, 0) is 4.79 Å². The Hall–Kier alpha value is -3.19. The van der Waals surface area contributed by atoms with Gasteiger partial charge in [0.05, 0.1) is 11.4 Å². The second-order valence-electron chi connectivity index (χ2n) is 5.32. The van der Waals surface area contributed by atoms with Crippen molar-refractivity contribution >= 4 is 35.0 Å². The average Bonchev–Trinajstić information content (AvgIpc) is 2.63. The Balaban J connectivity index is 1.98. The van der Waals surface area contributed by atoms with E-state index in [9.17, 15) is 9.18 Å². The van der Waals surface area contributed by atoms with Gasteiger partial charge in [0.25, 0.3) is 0 Å². The summed E-state index contributed by atoms with van der Waals surface area (Å²) < 4.78 is 14.0. The fourth-order valence-electron chi connectivity index (χ4n) is 2.23. The lowest BCUT2D eigenvalue weighted by Gasteiger charge is -2.11. The molecule has 0 aliphatic carbocycles. The Labute approximate surface area is 153 Å². The van der Waals surface area contributed by atoms with Gasteiger partial charge in [0, 0.05) is 16.7 Å². The predicted molar refractivity (Wildman–Crippen MR) is 98.3 cm³/mol. The number of carboxylic acids is 1. The van der Waals surface area contributed by atoms with Crippen molar-refractivity contribution in [3.8, 4) is 11.3 Å². The lowest BCUT2D eigenvalue weighted by atomic mass is 10.1. The molecule has 6 nitrogen and oxygen atoms in total. The first-order chi connectivity index (χ1) is 12.5. The molecule has 3 rings (SSSR count). The summed E-state index contributed by atoms with van der Waals surface area (Å²) >= 11 is 5.91. The molecule has 2 aromatic carbocycles. The van der Waals surface area contributed by atoms with Crippen molar-refractivity contribution in [3.05, 3.63) is 65.4 Å². The molecule has 0 spiro atoms. The molecule has 0 fully saturated rings. The molecule has 0 unspecified atom stereocenters. The molecule has 0 saturated heterocycles. The number of nitrogens with one attached hydrogen (secondary N) is 2. The van der Waals surface area contributed by atoms with Crippen molar-refractivity contribution in [3.63, 3.8) is 0 Å². The molecule has 0 amide bonds. The third kappa shape index (κ3) is 4.46. The van der Waals surface area contributed by atoms with Crippen molar-refractivity contribution in [1.29, 1.82) is 0 Å². The number of aromatic nitrogens is 2. The maximum Gasteiger partial charge on any atom is 0.322 e. The molecule has 0 radical (unpaired) electrons. The van der Waals surface area contributed by atoms with Crippen LogP contribution >= 0.6 is 11.6 Å². The molecular weight excluding hydrogens is 359 g/mol. The van der Waals surface area contributed by atoms with E-state index in [0.717, 1.165) is 5.56 Å². The zero-order valence-corrected chi connectivity index (χ0v) is 14.2. The molecule has 8 heteroatoms. The molecule has 0 atom stereocenters. The summed E-state index contributed by atoms with van der Waals surface area (Å²) in [6.07, 6.45) is 0. The lowest BCUT2D eigenvalue weighted by Crippen LogP contribution is -2.15. The van der Waals surface area contributed by atoms with E-state index in [1.807, 2.05) is 30.3 Å². The van der Waals surface area contributed by atoms with Crippen LogP contribution < -0.4 is 10.6 Å². The molecule has 0 aliphatic rings. The van der Waals surface area contributed by atoms with Crippen LogP contribution in [0.1, 0.15) is 0 Å². The van der Waals surface area contributed by atoms with E-state index in [2.05, 4.69) is 20.6 Å². The van der Waals surface area contributed by atoms with Gasteiger partial charge in [0.1, 0.15) is 18.2 Å². The molecule has 132 valence electrons. The van der Waals surface area contributed by atoms with E-state index in [0.29, 0.717) is 16.5 Å². The number of benzene rings is 2. The van der Waals surface area contributed by atoms with Gasteiger partial charge in [-0.3, -0.25) is 4.79 Å². The van der Waals surface area contributed by atoms with E-state index in [1.54, 1.807) is 6.07 Å². The van der Waals surface area contributed by atoms with Crippen LogP contribution in [0.5, 0.6) is 0 Å². The highest BCUT2D eigenvalue weighted by atomic mass is 35.5. The largest absolute Gasteiger partial charge is 0.480 e. The molecule has 1 heterocycles. The second kappa shape index (κ2) is 7.79. The van der Waals surface area contributed by atoms with Crippen LogP contribution in [0, 0.1) is 5.82 Å². The standard InChI is InChI=1S/C18H14ClFN4O2/c19-12-6-7-13(20)15(8-12)22-16-9-14(11-4-2-1-3-5-11)23-18(24-16)21-10-17(25)26/h1-9H,10H2,(H,25,26)(H2,21,22,23,24). The number of carbonyl (C=O) groups is 1. The van der Waals surface area contributed by atoms with Crippen molar-refractivity contribution in [2.45, 2.75) is 0 Å². The van der Waals surface area contributed by atoms with Gasteiger partial charge in [-0.15, -0.1) is 0 Å². The molecule has 26 heavy (non-hydrogen) atoms. The number of anilines is 3. The van der Waals surface area contributed by atoms with Crippen LogP contribution in [0.2, 0.25) is 5.02 Å². The Morgan fingerprint density at radius 3 is 2.62 bits per heavy atom. The Morgan fingerprint density at radius 1 is 1.12 bits per heavy atom. The number of halogens is 2. The molecule has 0 saturated carbocycles. The molecule has 0 bridgehead atoms. The normalized spacial score (nSPS) is 10.4. The van der Waals surface area contributed by atoms with E-state index < -0.39 is 11.8 Å². The van der Waals surface area contributed by atoms with Crippen LogP contribution in [0.25, 0.3) is 11.3 Å². The fourth-order valence-corrected chi connectivity index (χ4v) is 2.41. The summed E-state index contributed by atoms with van der Waals surface area (Å²) in [5.74, 6) is -1.13. The van der Waals surface area contributed by atoms with Crippen LogP contribution in [-0.4, -0.2) is 27.6 Å². The predicted octanol–water partition coefficient (Wildman–Crippen LogP) is 4.18. The first kappa shape index (κ1) is 17.6. The number of nitrogens with zero attached hydrogens (tertiary/aromatic N) is 2. The smallest absolute Gasteiger partial charge is 0.322 e. The third-order valence-electron chi connectivity index (χ3n) is 3.38. The first-order valence-electron chi connectivity index (χ1n) is 7.63. The zero-order chi connectivity index (χ0) is 18.5. The lowest BCUT2D eigenvalue weighted by molar-refractivity contribution is -0.134. The first-order valence-corrected chi connectivity index (χ1v) is 8.01. The number of aliphatic carboxylic acids is 1. The summed E-state index contributed by atoms with van der Waals surface area (Å²) in [4.78, 5) is 19.3. The van der Waals surface area contributed by atoms with Gasteiger partial charge >= 0.3 is 5.97 Å². The maximum atomic E-state index is 14.0. The van der Waals surface area contributed by atoms with Gasteiger partial charge in [-0.2, -0.15) is 4.98 Å². The highest BCUT2D eigenvalue weighted by Crippen LogP contribution is 2.26. The second-order valence-corrected chi connectivity index (χ2v) is 5.76. The SMILES string of the molecule is O=C(O)CNc1nc(Nc2cc(Cl)ccc2F)cc(-c2ccccc2)n1. The van der Waals surface area contributed by atoms with E-state index in [-0.39, 0.29) is 18.2 Å².